The van der Waals surface area contributed by atoms with Gasteiger partial charge in [0.2, 0.25) is 0 Å². The summed E-state index contributed by atoms with van der Waals surface area (Å²) in [4.78, 5) is 12.6. The van der Waals surface area contributed by atoms with E-state index in [9.17, 15) is 9.90 Å². The predicted molar refractivity (Wildman–Crippen MR) is 104 cm³/mol. The number of hydrogen-bond acceptors (Lipinski definition) is 3. The molecule has 1 heterocycles. The van der Waals surface area contributed by atoms with Crippen molar-refractivity contribution in [2.75, 3.05) is 0 Å². The van der Waals surface area contributed by atoms with Gasteiger partial charge in [-0.2, -0.15) is 5.10 Å². The van der Waals surface area contributed by atoms with Gasteiger partial charge in [-0.1, -0.05) is 29.5 Å². The predicted octanol–water partition coefficient (Wildman–Crippen LogP) is 3.01. The number of aromatic amines is 1. The highest BCUT2D eigenvalue weighted by molar-refractivity contribution is 6.30. The molecule has 0 bridgehead atoms. The van der Waals surface area contributed by atoms with Gasteiger partial charge in [0.05, 0.1) is 0 Å². The Morgan fingerprint density at radius 3 is 3.11 bits per heavy atom. The number of aliphatic hydroxyl groups is 1. The Balaban J connectivity index is 1.44. The molecule has 1 fully saturated rings. The standard InChI is InChI=1S/C21H22ClN3O2/c22-15-5-1-4-14(12-15)9-11-21(27)10-3-6-16(13-21)23-20(26)19-17-7-2-8-18(17)24-25-19/h1,4-5,12,16,27H,2-3,6-8,10,13H2,(H,23,26)(H,24,25)/t16-,21+/m0/s1. The first-order valence-electron chi connectivity index (χ1n) is 9.40. The molecule has 0 saturated heterocycles. The highest BCUT2D eigenvalue weighted by Crippen LogP contribution is 2.29. The summed E-state index contributed by atoms with van der Waals surface area (Å²) in [5, 5.41) is 21.7. The van der Waals surface area contributed by atoms with Gasteiger partial charge < -0.3 is 10.4 Å². The molecular formula is C21H22ClN3O2. The second kappa shape index (κ2) is 7.38. The van der Waals surface area contributed by atoms with E-state index in [4.69, 9.17) is 11.6 Å². The van der Waals surface area contributed by atoms with Crippen LogP contribution in [0.1, 0.15) is 59.4 Å². The number of amides is 1. The molecular weight excluding hydrogens is 362 g/mol. The van der Waals surface area contributed by atoms with E-state index >= 15 is 0 Å². The summed E-state index contributed by atoms with van der Waals surface area (Å²) in [6, 6.07) is 7.15. The lowest BCUT2D eigenvalue weighted by molar-refractivity contribution is 0.0451. The van der Waals surface area contributed by atoms with E-state index < -0.39 is 5.60 Å². The van der Waals surface area contributed by atoms with Crippen LogP contribution in [-0.4, -0.2) is 32.9 Å². The number of halogens is 1. The number of H-pyrrole nitrogens is 1. The van der Waals surface area contributed by atoms with Crippen molar-refractivity contribution in [1.29, 1.82) is 0 Å². The van der Waals surface area contributed by atoms with Gasteiger partial charge in [-0.05, 0) is 56.7 Å². The van der Waals surface area contributed by atoms with Gasteiger partial charge in [-0.15, -0.1) is 0 Å². The van der Waals surface area contributed by atoms with Crippen LogP contribution in [0, 0.1) is 11.8 Å². The van der Waals surface area contributed by atoms with Gasteiger partial charge >= 0.3 is 0 Å². The fourth-order valence-corrected chi connectivity index (χ4v) is 4.20. The Bertz CT molecular complexity index is 927. The molecule has 0 radical (unpaired) electrons. The molecule has 1 amide bonds. The molecule has 2 aliphatic rings. The number of nitrogens with zero attached hydrogens (tertiary/aromatic N) is 1. The zero-order valence-electron chi connectivity index (χ0n) is 15.0. The summed E-state index contributed by atoms with van der Waals surface area (Å²) < 4.78 is 0. The van der Waals surface area contributed by atoms with Gasteiger partial charge in [0.25, 0.3) is 5.91 Å². The maximum Gasteiger partial charge on any atom is 0.272 e. The number of benzene rings is 1. The van der Waals surface area contributed by atoms with E-state index in [1.54, 1.807) is 12.1 Å². The Labute approximate surface area is 163 Å². The summed E-state index contributed by atoms with van der Waals surface area (Å²) in [6.45, 7) is 0. The third-order valence-electron chi connectivity index (χ3n) is 5.35. The van der Waals surface area contributed by atoms with Crippen LogP contribution in [-0.2, 0) is 12.8 Å². The van der Waals surface area contributed by atoms with Gasteiger partial charge in [-0.3, -0.25) is 9.89 Å². The van der Waals surface area contributed by atoms with Crippen LogP contribution >= 0.6 is 11.6 Å². The van der Waals surface area contributed by atoms with E-state index in [1.807, 2.05) is 12.1 Å². The molecule has 1 aromatic heterocycles. The van der Waals surface area contributed by atoms with Crippen molar-refractivity contribution in [3.63, 3.8) is 0 Å². The lowest BCUT2D eigenvalue weighted by Crippen LogP contribution is -2.45. The number of hydrogen-bond donors (Lipinski definition) is 3. The average molecular weight is 384 g/mol. The van der Waals surface area contributed by atoms with E-state index in [0.717, 1.165) is 48.9 Å². The summed E-state index contributed by atoms with van der Waals surface area (Å²) >= 11 is 5.98. The Hall–Kier alpha value is -2.29. The van der Waals surface area contributed by atoms with Crippen molar-refractivity contribution in [2.24, 2.45) is 0 Å². The van der Waals surface area contributed by atoms with E-state index in [1.165, 1.54) is 0 Å². The first-order chi connectivity index (χ1) is 13.0. The number of carbonyl (C=O) groups is 1. The molecule has 0 spiro atoms. The van der Waals surface area contributed by atoms with Crippen LogP contribution < -0.4 is 5.32 Å². The van der Waals surface area contributed by atoms with Crippen LogP contribution in [0.25, 0.3) is 0 Å². The fraction of sp³-hybridized carbons (Fsp3) is 0.429. The first-order valence-corrected chi connectivity index (χ1v) is 9.78. The molecule has 27 heavy (non-hydrogen) atoms. The molecule has 1 aromatic carbocycles. The Morgan fingerprint density at radius 1 is 1.37 bits per heavy atom. The molecule has 140 valence electrons. The zero-order valence-corrected chi connectivity index (χ0v) is 15.8. The Morgan fingerprint density at radius 2 is 2.26 bits per heavy atom. The van der Waals surface area contributed by atoms with Gasteiger partial charge in [0, 0.05) is 34.3 Å². The van der Waals surface area contributed by atoms with Gasteiger partial charge in [0.1, 0.15) is 5.60 Å². The first kappa shape index (κ1) is 18.1. The summed E-state index contributed by atoms with van der Waals surface area (Å²) in [5.74, 6) is 5.85. The van der Waals surface area contributed by atoms with Crippen molar-refractivity contribution < 1.29 is 9.90 Å². The molecule has 2 aromatic rings. The van der Waals surface area contributed by atoms with Crippen LogP contribution in [0.4, 0.5) is 0 Å². The number of fused-ring (bicyclic) bond motifs is 1. The third kappa shape index (κ3) is 4.02. The molecule has 1 saturated carbocycles. The number of aromatic nitrogens is 2. The molecule has 5 nitrogen and oxygen atoms in total. The molecule has 0 aliphatic heterocycles. The smallest absolute Gasteiger partial charge is 0.272 e. The molecule has 6 heteroatoms. The number of rotatable bonds is 2. The van der Waals surface area contributed by atoms with Crippen LogP contribution in [0.5, 0.6) is 0 Å². The maximum absolute atomic E-state index is 12.6. The van der Waals surface area contributed by atoms with E-state index in [0.29, 0.717) is 23.6 Å². The van der Waals surface area contributed by atoms with Crippen LogP contribution in [0.2, 0.25) is 5.02 Å². The molecule has 0 unspecified atom stereocenters. The minimum atomic E-state index is -1.11. The van der Waals surface area contributed by atoms with E-state index in [-0.39, 0.29) is 11.9 Å². The van der Waals surface area contributed by atoms with Crippen molar-refractivity contribution in [2.45, 2.75) is 56.6 Å². The number of aryl methyl sites for hydroxylation is 1. The van der Waals surface area contributed by atoms with E-state index in [2.05, 4.69) is 27.4 Å². The lowest BCUT2D eigenvalue weighted by Gasteiger charge is -2.33. The zero-order chi connectivity index (χ0) is 18.9. The van der Waals surface area contributed by atoms with Crippen LogP contribution in [0.3, 0.4) is 0 Å². The van der Waals surface area contributed by atoms with Gasteiger partial charge in [0.15, 0.2) is 5.69 Å². The van der Waals surface area contributed by atoms with Crippen LogP contribution in [0.15, 0.2) is 24.3 Å². The molecule has 2 aliphatic carbocycles. The SMILES string of the molecule is O=C(N[C@H]1CCC[C@@](O)(C#Cc2cccc(Cl)c2)C1)c1n[nH]c2c1CCC2. The normalized spacial score (nSPS) is 24.0. The fourth-order valence-electron chi connectivity index (χ4n) is 4.00. The average Bonchev–Trinajstić information content (AvgIpc) is 3.24. The minimum Gasteiger partial charge on any atom is -0.378 e. The monoisotopic (exact) mass is 383 g/mol. The number of nitrogens with one attached hydrogen (secondary N) is 2. The summed E-state index contributed by atoms with van der Waals surface area (Å²) in [6.07, 6.45) is 5.58. The minimum absolute atomic E-state index is 0.112. The lowest BCUT2D eigenvalue weighted by atomic mass is 9.82. The van der Waals surface area contributed by atoms with Crippen molar-refractivity contribution in [3.05, 3.63) is 51.8 Å². The Kier molecular flexibility index (Phi) is 4.94. The highest BCUT2D eigenvalue weighted by atomic mass is 35.5. The maximum atomic E-state index is 12.6. The number of carbonyl (C=O) groups excluding carboxylic acids is 1. The summed E-state index contributed by atoms with van der Waals surface area (Å²) in [7, 11) is 0. The molecule has 3 N–H and O–H groups in total. The second-order valence-corrected chi connectivity index (χ2v) is 7.88. The topological polar surface area (TPSA) is 78.0 Å². The highest BCUT2D eigenvalue weighted by Gasteiger charge is 2.34. The van der Waals surface area contributed by atoms with Crippen molar-refractivity contribution in [1.82, 2.24) is 15.5 Å². The van der Waals surface area contributed by atoms with Crippen molar-refractivity contribution in [3.8, 4) is 11.8 Å². The second-order valence-electron chi connectivity index (χ2n) is 7.44. The van der Waals surface area contributed by atoms with Gasteiger partial charge in [-0.25, -0.2) is 0 Å². The third-order valence-corrected chi connectivity index (χ3v) is 5.58. The largest absolute Gasteiger partial charge is 0.378 e. The van der Waals surface area contributed by atoms with Crippen molar-refractivity contribution >= 4 is 17.5 Å². The summed E-state index contributed by atoms with van der Waals surface area (Å²) in [5.41, 5.74) is 2.29. The quantitative estimate of drug-likeness (QED) is 0.697. The molecule has 2 atom stereocenters. The molecule has 4 rings (SSSR count).